The Labute approximate surface area is 193 Å². The summed E-state index contributed by atoms with van der Waals surface area (Å²) in [4.78, 5) is 26.8. The molecule has 32 heavy (non-hydrogen) atoms. The highest BCUT2D eigenvalue weighted by Crippen LogP contribution is 2.35. The van der Waals surface area contributed by atoms with Gasteiger partial charge in [-0.15, -0.1) is 0 Å². The molecule has 1 fully saturated rings. The first-order chi connectivity index (χ1) is 15.2. The van der Waals surface area contributed by atoms with Crippen LogP contribution in [0.1, 0.15) is 36.5 Å². The molecule has 2 amide bonds. The van der Waals surface area contributed by atoms with Crippen molar-refractivity contribution in [2.75, 3.05) is 11.9 Å². The number of alkyl halides is 3. The Morgan fingerprint density at radius 3 is 2.50 bits per heavy atom. The number of nitrogens with zero attached hydrogens (tertiary/aromatic N) is 1. The molecule has 1 saturated heterocycles. The van der Waals surface area contributed by atoms with Crippen LogP contribution in [0.25, 0.3) is 6.08 Å². The minimum atomic E-state index is -4.56. The molecule has 9 heteroatoms. The van der Waals surface area contributed by atoms with E-state index in [1.54, 1.807) is 6.08 Å². The fourth-order valence-corrected chi connectivity index (χ4v) is 4.45. The van der Waals surface area contributed by atoms with Crippen molar-refractivity contribution >= 4 is 51.9 Å². The molecular formula is C23H21F3N2O2S2. The van der Waals surface area contributed by atoms with E-state index in [2.05, 4.69) is 12.2 Å². The van der Waals surface area contributed by atoms with Crippen molar-refractivity contribution in [2.45, 2.75) is 32.4 Å². The van der Waals surface area contributed by atoms with Crippen LogP contribution in [-0.4, -0.2) is 27.6 Å². The Morgan fingerprint density at radius 2 is 1.84 bits per heavy atom. The number of hydrogen-bond donors (Lipinski definition) is 1. The van der Waals surface area contributed by atoms with Crippen LogP contribution in [0.15, 0.2) is 53.4 Å². The lowest BCUT2D eigenvalue weighted by Crippen LogP contribution is -2.29. The van der Waals surface area contributed by atoms with Gasteiger partial charge in [-0.25, -0.2) is 0 Å². The summed E-state index contributed by atoms with van der Waals surface area (Å²) in [5.41, 5.74) is 0.909. The van der Waals surface area contributed by atoms with Crippen molar-refractivity contribution in [1.82, 2.24) is 4.90 Å². The van der Waals surface area contributed by atoms with Gasteiger partial charge in [-0.05, 0) is 42.2 Å². The second-order valence-electron chi connectivity index (χ2n) is 7.12. The number of thiocarbonyl (C=S) groups is 1. The van der Waals surface area contributed by atoms with E-state index in [1.165, 1.54) is 40.4 Å². The van der Waals surface area contributed by atoms with Gasteiger partial charge in [0.05, 0.1) is 16.2 Å². The maximum Gasteiger partial charge on any atom is 0.418 e. The SMILES string of the molecule is CCc1ccc(/C=C2\SC(=S)N(CCCC(=O)Nc3ccccc3C(F)(F)F)C2=O)cc1. The number of rotatable bonds is 7. The quantitative estimate of drug-likeness (QED) is 0.398. The van der Waals surface area contributed by atoms with Crippen LogP contribution in [0, 0.1) is 0 Å². The molecule has 0 bridgehead atoms. The number of benzene rings is 2. The van der Waals surface area contributed by atoms with Crippen molar-refractivity contribution < 1.29 is 22.8 Å². The van der Waals surface area contributed by atoms with Gasteiger partial charge in [0.15, 0.2) is 0 Å². The van der Waals surface area contributed by atoms with Crippen LogP contribution in [0.2, 0.25) is 0 Å². The molecule has 4 nitrogen and oxygen atoms in total. The number of thioether (sulfide) groups is 1. The summed E-state index contributed by atoms with van der Waals surface area (Å²) >= 11 is 6.49. The first kappa shape index (κ1) is 24.0. The molecule has 1 aliphatic rings. The molecule has 0 aromatic heterocycles. The van der Waals surface area contributed by atoms with Gasteiger partial charge in [-0.2, -0.15) is 13.2 Å². The molecule has 2 aromatic carbocycles. The van der Waals surface area contributed by atoms with E-state index in [0.29, 0.717) is 9.23 Å². The molecule has 0 aliphatic carbocycles. The molecule has 3 rings (SSSR count). The fraction of sp³-hybridized carbons (Fsp3) is 0.261. The number of nitrogens with one attached hydrogen (secondary N) is 1. The molecule has 1 heterocycles. The number of para-hydroxylation sites is 1. The Balaban J connectivity index is 1.56. The van der Waals surface area contributed by atoms with Gasteiger partial charge in [0, 0.05) is 13.0 Å². The highest BCUT2D eigenvalue weighted by atomic mass is 32.2. The van der Waals surface area contributed by atoms with Crippen LogP contribution >= 0.6 is 24.0 Å². The Kier molecular flexibility index (Phi) is 7.73. The van der Waals surface area contributed by atoms with Gasteiger partial charge in [-0.3, -0.25) is 14.5 Å². The number of halogens is 3. The smallest absolute Gasteiger partial charge is 0.326 e. The van der Waals surface area contributed by atoms with Gasteiger partial charge in [0.1, 0.15) is 4.32 Å². The third-order valence-corrected chi connectivity index (χ3v) is 6.23. The van der Waals surface area contributed by atoms with Crippen molar-refractivity contribution in [3.8, 4) is 0 Å². The second-order valence-corrected chi connectivity index (χ2v) is 8.80. The van der Waals surface area contributed by atoms with E-state index >= 15 is 0 Å². The number of aryl methyl sites for hydroxylation is 1. The maximum atomic E-state index is 13.1. The Hall–Kier alpha value is -2.65. The fourth-order valence-electron chi connectivity index (χ4n) is 3.14. The normalized spacial score (nSPS) is 15.5. The zero-order valence-electron chi connectivity index (χ0n) is 17.2. The lowest BCUT2D eigenvalue weighted by molar-refractivity contribution is -0.137. The van der Waals surface area contributed by atoms with E-state index in [0.717, 1.165) is 18.1 Å². The molecule has 1 aliphatic heterocycles. The second kappa shape index (κ2) is 10.3. The van der Waals surface area contributed by atoms with Crippen LogP contribution in [0.5, 0.6) is 0 Å². The molecule has 0 unspecified atom stereocenters. The molecule has 0 atom stereocenters. The molecule has 0 radical (unpaired) electrons. The predicted octanol–water partition coefficient (Wildman–Crippen LogP) is 5.89. The summed E-state index contributed by atoms with van der Waals surface area (Å²) in [6.45, 7) is 2.28. The molecule has 168 valence electrons. The summed E-state index contributed by atoms with van der Waals surface area (Å²) in [6.07, 6.45) is -1.63. The van der Waals surface area contributed by atoms with Crippen molar-refractivity contribution in [1.29, 1.82) is 0 Å². The van der Waals surface area contributed by atoms with Crippen LogP contribution in [0.3, 0.4) is 0 Å². The third kappa shape index (κ3) is 5.98. The van der Waals surface area contributed by atoms with Crippen LogP contribution < -0.4 is 5.32 Å². The van der Waals surface area contributed by atoms with Crippen molar-refractivity contribution in [3.05, 3.63) is 70.1 Å². The van der Waals surface area contributed by atoms with Crippen LogP contribution in [0.4, 0.5) is 18.9 Å². The van der Waals surface area contributed by atoms with E-state index in [9.17, 15) is 22.8 Å². The molecule has 0 spiro atoms. The van der Waals surface area contributed by atoms with Crippen LogP contribution in [-0.2, 0) is 22.2 Å². The summed E-state index contributed by atoms with van der Waals surface area (Å²) in [5, 5.41) is 2.30. The minimum Gasteiger partial charge on any atom is -0.326 e. The number of carbonyl (C=O) groups excluding carboxylic acids is 2. The lowest BCUT2D eigenvalue weighted by atomic mass is 10.1. The number of amides is 2. The monoisotopic (exact) mass is 478 g/mol. The topological polar surface area (TPSA) is 49.4 Å². The summed E-state index contributed by atoms with van der Waals surface area (Å²) < 4.78 is 39.6. The first-order valence-corrected chi connectivity index (χ1v) is 11.2. The summed E-state index contributed by atoms with van der Waals surface area (Å²) in [6, 6.07) is 12.7. The number of hydrogen-bond acceptors (Lipinski definition) is 4. The van der Waals surface area contributed by atoms with E-state index in [-0.39, 0.29) is 31.0 Å². The average molecular weight is 479 g/mol. The highest BCUT2D eigenvalue weighted by molar-refractivity contribution is 8.26. The van der Waals surface area contributed by atoms with E-state index < -0.39 is 17.6 Å². The summed E-state index contributed by atoms with van der Waals surface area (Å²) in [7, 11) is 0. The summed E-state index contributed by atoms with van der Waals surface area (Å²) in [5.74, 6) is -0.791. The maximum absolute atomic E-state index is 13.1. The lowest BCUT2D eigenvalue weighted by Gasteiger charge is -2.15. The minimum absolute atomic E-state index is 0.0409. The molecule has 0 saturated carbocycles. The zero-order valence-corrected chi connectivity index (χ0v) is 18.9. The predicted molar refractivity (Wildman–Crippen MR) is 125 cm³/mol. The van der Waals surface area contributed by atoms with Crippen molar-refractivity contribution in [2.24, 2.45) is 0 Å². The van der Waals surface area contributed by atoms with Gasteiger partial charge in [0.25, 0.3) is 5.91 Å². The highest BCUT2D eigenvalue weighted by Gasteiger charge is 2.34. The molecule has 2 aromatic rings. The zero-order chi connectivity index (χ0) is 23.3. The Morgan fingerprint density at radius 1 is 1.16 bits per heavy atom. The van der Waals surface area contributed by atoms with E-state index in [4.69, 9.17) is 12.2 Å². The van der Waals surface area contributed by atoms with E-state index in [1.807, 2.05) is 24.3 Å². The third-order valence-electron chi connectivity index (χ3n) is 4.85. The first-order valence-electron chi connectivity index (χ1n) is 9.99. The molecular weight excluding hydrogens is 457 g/mol. The van der Waals surface area contributed by atoms with Gasteiger partial charge in [-0.1, -0.05) is 67.3 Å². The average Bonchev–Trinajstić information content (AvgIpc) is 3.01. The van der Waals surface area contributed by atoms with Gasteiger partial charge >= 0.3 is 6.18 Å². The van der Waals surface area contributed by atoms with Gasteiger partial charge < -0.3 is 5.32 Å². The van der Waals surface area contributed by atoms with Crippen molar-refractivity contribution in [3.63, 3.8) is 0 Å². The number of anilines is 1. The largest absolute Gasteiger partial charge is 0.418 e. The number of carbonyl (C=O) groups is 2. The molecule has 1 N–H and O–H groups in total. The Bertz CT molecular complexity index is 1050. The van der Waals surface area contributed by atoms with Gasteiger partial charge in [0.2, 0.25) is 5.91 Å². The standard InChI is InChI=1S/C23H21F3N2O2S2/c1-2-15-9-11-16(12-10-15)14-19-21(30)28(22(31)32-19)13-5-8-20(29)27-18-7-4-3-6-17(18)23(24,25)26/h3-4,6-7,9-12,14H,2,5,8,13H2,1H3,(H,27,29)/b19-14-.